The van der Waals surface area contributed by atoms with Crippen LogP contribution < -0.4 is 10.2 Å². The molecule has 0 saturated carbocycles. The molecule has 1 fully saturated rings. The lowest BCUT2D eigenvalue weighted by Gasteiger charge is -2.39. The maximum absolute atomic E-state index is 12.3. The highest BCUT2D eigenvalue weighted by Crippen LogP contribution is 2.22. The molecule has 1 saturated heterocycles. The van der Waals surface area contributed by atoms with Gasteiger partial charge in [0.1, 0.15) is 5.82 Å². The standard InChI is InChI=1S/C19H27N5OS/c1-3-4-10-20-18(25)24-12-11-23(14-15(24)2)19-21-17(22-26-19)13-16-8-6-5-7-9-16/h5-9,15H,3-4,10-14H2,1-2H3,(H,20,25). The zero-order valence-electron chi connectivity index (χ0n) is 15.5. The first-order chi connectivity index (χ1) is 12.7. The summed E-state index contributed by atoms with van der Waals surface area (Å²) < 4.78 is 4.51. The highest BCUT2D eigenvalue weighted by molar-refractivity contribution is 7.09. The Labute approximate surface area is 159 Å². The van der Waals surface area contributed by atoms with Gasteiger partial charge in [0.2, 0.25) is 5.13 Å². The van der Waals surface area contributed by atoms with Crippen molar-refractivity contribution in [1.82, 2.24) is 19.6 Å². The Morgan fingerprint density at radius 3 is 2.85 bits per heavy atom. The van der Waals surface area contributed by atoms with E-state index in [9.17, 15) is 4.79 Å². The average molecular weight is 374 g/mol. The van der Waals surface area contributed by atoms with Crippen LogP contribution in [0.3, 0.4) is 0 Å². The van der Waals surface area contributed by atoms with Gasteiger partial charge in [-0.3, -0.25) is 0 Å². The van der Waals surface area contributed by atoms with Crippen molar-refractivity contribution in [3.63, 3.8) is 0 Å². The quantitative estimate of drug-likeness (QED) is 0.790. The summed E-state index contributed by atoms with van der Waals surface area (Å²) in [6, 6.07) is 10.5. The minimum Gasteiger partial charge on any atom is -0.343 e. The number of unbranched alkanes of at least 4 members (excludes halogenated alkanes) is 1. The monoisotopic (exact) mass is 373 g/mol. The summed E-state index contributed by atoms with van der Waals surface area (Å²) in [4.78, 5) is 21.2. The fourth-order valence-corrected chi connectivity index (χ4v) is 3.85. The number of nitrogens with zero attached hydrogens (tertiary/aromatic N) is 4. The van der Waals surface area contributed by atoms with E-state index in [0.29, 0.717) is 6.54 Å². The Balaban J connectivity index is 1.55. The van der Waals surface area contributed by atoms with Crippen LogP contribution in [-0.2, 0) is 6.42 Å². The number of urea groups is 1. The number of carbonyl (C=O) groups is 1. The predicted octanol–water partition coefficient (Wildman–Crippen LogP) is 3.15. The van der Waals surface area contributed by atoms with Crippen molar-refractivity contribution in [2.75, 3.05) is 31.1 Å². The molecule has 1 atom stereocenters. The summed E-state index contributed by atoms with van der Waals surface area (Å²) in [5.74, 6) is 0.864. The first-order valence-electron chi connectivity index (χ1n) is 9.33. The van der Waals surface area contributed by atoms with Gasteiger partial charge in [0.05, 0.1) is 0 Å². The summed E-state index contributed by atoms with van der Waals surface area (Å²) in [6.07, 6.45) is 2.87. The van der Waals surface area contributed by atoms with Crippen LogP contribution in [-0.4, -0.2) is 52.5 Å². The third kappa shape index (κ3) is 4.72. The number of aromatic nitrogens is 2. The molecule has 6 nitrogen and oxygen atoms in total. The van der Waals surface area contributed by atoms with Crippen LogP contribution in [0, 0.1) is 0 Å². The SMILES string of the molecule is CCCCNC(=O)N1CCN(c2nc(Cc3ccccc3)ns2)CC1C. The third-order valence-corrected chi connectivity index (χ3v) is 5.44. The van der Waals surface area contributed by atoms with Crippen LogP contribution in [0.5, 0.6) is 0 Å². The van der Waals surface area contributed by atoms with E-state index >= 15 is 0 Å². The van der Waals surface area contributed by atoms with Gasteiger partial charge >= 0.3 is 6.03 Å². The van der Waals surface area contributed by atoms with Gasteiger partial charge < -0.3 is 15.1 Å². The number of hydrogen-bond donors (Lipinski definition) is 1. The van der Waals surface area contributed by atoms with E-state index in [-0.39, 0.29) is 12.1 Å². The summed E-state index contributed by atoms with van der Waals surface area (Å²) in [5, 5.41) is 3.97. The van der Waals surface area contributed by atoms with Crippen LogP contribution in [0.1, 0.15) is 38.1 Å². The number of anilines is 1. The molecule has 0 aliphatic carbocycles. The second-order valence-corrected chi connectivity index (χ2v) is 7.46. The van der Waals surface area contributed by atoms with Gasteiger partial charge in [0.25, 0.3) is 0 Å². The molecule has 1 aliphatic rings. The molecule has 1 aromatic heterocycles. The average Bonchev–Trinajstić information content (AvgIpc) is 3.11. The topological polar surface area (TPSA) is 61.4 Å². The molecular weight excluding hydrogens is 346 g/mol. The predicted molar refractivity (Wildman–Crippen MR) is 106 cm³/mol. The molecule has 1 unspecified atom stereocenters. The molecule has 7 heteroatoms. The molecule has 1 N–H and O–H groups in total. The Bertz CT molecular complexity index is 705. The fourth-order valence-electron chi connectivity index (χ4n) is 3.13. The van der Waals surface area contributed by atoms with E-state index in [1.54, 1.807) is 0 Å². The Kier molecular flexibility index (Phi) is 6.44. The molecule has 3 rings (SSSR count). The summed E-state index contributed by atoms with van der Waals surface area (Å²) in [6.45, 7) is 7.28. The number of carbonyl (C=O) groups excluding carboxylic acids is 1. The van der Waals surface area contributed by atoms with E-state index in [1.165, 1.54) is 17.1 Å². The number of benzene rings is 1. The van der Waals surface area contributed by atoms with E-state index in [0.717, 1.165) is 49.9 Å². The minimum atomic E-state index is 0.0487. The van der Waals surface area contributed by atoms with Crippen LogP contribution in [0.25, 0.3) is 0 Å². The number of rotatable bonds is 6. The molecular formula is C19H27N5OS. The number of hydrogen-bond acceptors (Lipinski definition) is 5. The largest absolute Gasteiger partial charge is 0.343 e. The Morgan fingerprint density at radius 1 is 1.31 bits per heavy atom. The molecule has 0 bridgehead atoms. The second-order valence-electron chi connectivity index (χ2n) is 6.73. The first kappa shape index (κ1) is 18.6. The van der Waals surface area contributed by atoms with Gasteiger partial charge in [-0.05, 0) is 18.9 Å². The van der Waals surface area contributed by atoms with E-state index in [1.807, 2.05) is 23.1 Å². The van der Waals surface area contributed by atoms with E-state index < -0.39 is 0 Å². The summed E-state index contributed by atoms with van der Waals surface area (Å²) in [5.41, 5.74) is 1.22. The molecule has 140 valence electrons. The van der Waals surface area contributed by atoms with Crippen molar-refractivity contribution < 1.29 is 4.79 Å². The molecule has 26 heavy (non-hydrogen) atoms. The maximum atomic E-state index is 12.3. The summed E-state index contributed by atoms with van der Waals surface area (Å²) in [7, 11) is 0. The molecule has 0 spiro atoms. The fraction of sp³-hybridized carbons (Fsp3) is 0.526. The minimum absolute atomic E-state index is 0.0487. The molecule has 0 radical (unpaired) electrons. The van der Waals surface area contributed by atoms with Crippen molar-refractivity contribution in [3.05, 3.63) is 41.7 Å². The van der Waals surface area contributed by atoms with Crippen LogP contribution >= 0.6 is 11.5 Å². The van der Waals surface area contributed by atoms with Crippen molar-refractivity contribution >= 4 is 22.7 Å². The van der Waals surface area contributed by atoms with Crippen molar-refractivity contribution in [2.24, 2.45) is 0 Å². The molecule has 1 aliphatic heterocycles. The zero-order chi connectivity index (χ0) is 18.4. The number of piperazine rings is 1. The summed E-state index contributed by atoms with van der Waals surface area (Å²) >= 11 is 1.45. The van der Waals surface area contributed by atoms with Gasteiger partial charge in [0.15, 0.2) is 0 Å². The van der Waals surface area contributed by atoms with E-state index in [4.69, 9.17) is 4.98 Å². The Morgan fingerprint density at radius 2 is 2.12 bits per heavy atom. The smallest absolute Gasteiger partial charge is 0.317 e. The molecule has 2 amide bonds. The second kappa shape index (κ2) is 8.98. The Hall–Kier alpha value is -2.15. The van der Waals surface area contributed by atoms with Gasteiger partial charge in [-0.1, -0.05) is 43.7 Å². The van der Waals surface area contributed by atoms with Crippen molar-refractivity contribution in [2.45, 2.75) is 39.2 Å². The number of nitrogens with one attached hydrogen (secondary N) is 1. The normalized spacial score (nSPS) is 17.4. The first-order valence-corrected chi connectivity index (χ1v) is 10.1. The van der Waals surface area contributed by atoms with Crippen molar-refractivity contribution in [3.8, 4) is 0 Å². The van der Waals surface area contributed by atoms with Gasteiger partial charge in [-0.2, -0.15) is 4.37 Å². The van der Waals surface area contributed by atoms with Gasteiger partial charge in [-0.25, -0.2) is 9.78 Å². The van der Waals surface area contributed by atoms with Crippen LogP contribution in [0.4, 0.5) is 9.93 Å². The lowest BCUT2D eigenvalue weighted by Crippen LogP contribution is -2.56. The van der Waals surface area contributed by atoms with Gasteiger partial charge in [-0.15, -0.1) is 0 Å². The third-order valence-electron chi connectivity index (χ3n) is 4.63. The van der Waals surface area contributed by atoms with E-state index in [2.05, 4.69) is 40.6 Å². The molecule has 2 heterocycles. The highest BCUT2D eigenvalue weighted by Gasteiger charge is 2.28. The zero-order valence-corrected chi connectivity index (χ0v) is 16.3. The van der Waals surface area contributed by atoms with Crippen molar-refractivity contribution in [1.29, 1.82) is 0 Å². The highest BCUT2D eigenvalue weighted by atomic mass is 32.1. The van der Waals surface area contributed by atoms with Gasteiger partial charge in [0, 0.05) is 50.2 Å². The van der Waals surface area contributed by atoms with Crippen LogP contribution in [0.2, 0.25) is 0 Å². The van der Waals surface area contributed by atoms with Crippen LogP contribution in [0.15, 0.2) is 30.3 Å². The number of amides is 2. The lowest BCUT2D eigenvalue weighted by molar-refractivity contribution is 0.171. The lowest BCUT2D eigenvalue weighted by atomic mass is 10.1. The maximum Gasteiger partial charge on any atom is 0.317 e. The molecule has 2 aromatic rings. The molecule has 1 aromatic carbocycles.